The van der Waals surface area contributed by atoms with E-state index in [0.29, 0.717) is 11.9 Å². The van der Waals surface area contributed by atoms with Crippen molar-refractivity contribution in [3.63, 3.8) is 0 Å². The van der Waals surface area contributed by atoms with E-state index in [2.05, 4.69) is 59.2 Å². The van der Waals surface area contributed by atoms with Crippen molar-refractivity contribution in [2.75, 3.05) is 31.1 Å². The molecule has 7 nitrogen and oxygen atoms in total. The molecule has 31 heavy (non-hydrogen) atoms. The highest BCUT2D eigenvalue weighted by atomic mass is 15.4. The fourth-order valence-electron chi connectivity index (χ4n) is 3.33. The molecule has 2 heterocycles. The first-order chi connectivity index (χ1) is 15.2. The normalized spacial score (nSPS) is 14.3. The van der Waals surface area contributed by atoms with Gasteiger partial charge in [0.2, 0.25) is 5.95 Å². The summed E-state index contributed by atoms with van der Waals surface area (Å²) in [5.74, 6) is 2.25. The number of aromatic nitrogens is 2. The zero-order chi connectivity index (χ0) is 22.5. The molecule has 1 aliphatic rings. The van der Waals surface area contributed by atoms with Crippen LogP contribution in [0.2, 0.25) is 0 Å². The lowest BCUT2D eigenvalue weighted by atomic mass is 10.1. The van der Waals surface area contributed by atoms with Gasteiger partial charge in [-0.2, -0.15) is 4.98 Å². The molecule has 170 valence electrons. The summed E-state index contributed by atoms with van der Waals surface area (Å²) in [7, 11) is 0. The Morgan fingerprint density at radius 3 is 2.42 bits per heavy atom. The molecule has 1 aliphatic heterocycles. The number of hydrogen-bond donors (Lipinski definition) is 3. The second-order valence-electron chi connectivity index (χ2n) is 7.40. The van der Waals surface area contributed by atoms with E-state index in [1.54, 1.807) is 0 Å². The van der Waals surface area contributed by atoms with Crippen LogP contribution in [0.1, 0.15) is 58.7 Å². The first-order valence-corrected chi connectivity index (χ1v) is 11.6. The number of benzene rings is 1. The molecule has 0 atom stereocenters. The third kappa shape index (κ3) is 8.26. The predicted molar refractivity (Wildman–Crippen MR) is 131 cm³/mol. The van der Waals surface area contributed by atoms with Gasteiger partial charge >= 0.3 is 0 Å². The van der Waals surface area contributed by atoms with Crippen molar-refractivity contribution in [1.82, 2.24) is 26.1 Å². The van der Waals surface area contributed by atoms with Crippen LogP contribution in [0.25, 0.3) is 0 Å². The number of rotatable bonds is 8. The minimum atomic E-state index is 0.426. The van der Waals surface area contributed by atoms with Gasteiger partial charge in [-0.1, -0.05) is 58.0 Å². The van der Waals surface area contributed by atoms with E-state index >= 15 is 0 Å². The van der Waals surface area contributed by atoms with Gasteiger partial charge in [0.15, 0.2) is 5.82 Å². The van der Waals surface area contributed by atoms with Gasteiger partial charge in [0, 0.05) is 44.7 Å². The molecule has 0 saturated carbocycles. The Morgan fingerprint density at radius 1 is 1.10 bits per heavy atom. The number of nitrogens with one attached hydrogen (secondary N) is 3. The Labute approximate surface area is 187 Å². The van der Waals surface area contributed by atoms with Crippen LogP contribution in [-0.2, 0) is 6.42 Å². The Morgan fingerprint density at radius 2 is 1.77 bits per heavy atom. The summed E-state index contributed by atoms with van der Waals surface area (Å²) in [4.78, 5) is 16.5. The van der Waals surface area contributed by atoms with Crippen LogP contribution in [0.5, 0.6) is 0 Å². The highest BCUT2D eigenvalue weighted by molar-refractivity contribution is 5.81. The number of aliphatic imine (C=N–C) groups is 1. The van der Waals surface area contributed by atoms with Gasteiger partial charge in [-0.3, -0.25) is 0 Å². The topological polar surface area (TPSA) is 77.5 Å². The summed E-state index contributed by atoms with van der Waals surface area (Å²) in [6, 6.07) is 12.8. The van der Waals surface area contributed by atoms with Crippen LogP contribution >= 0.6 is 0 Å². The lowest BCUT2D eigenvalue weighted by Gasteiger charge is -2.27. The quantitative estimate of drug-likeness (QED) is 0.339. The molecule has 1 fully saturated rings. The number of hydrogen-bond acceptors (Lipinski definition) is 6. The summed E-state index contributed by atoms with van der Waals surface area (Å²) in [5, 5.41) is 3.38. The zero-order valence-electron chi connectivity index (χ0n) is 19.8. The fourth-order valence-corrected chi connectivity index (χ4v) is 3.33. The second-order valence-corrected chi connectivity index (χ2v) is 7.40. The zero-order valence-corrected chi connectivity index (χ0v) is 19.8. The summed E-state index contributed by atoms with van der Waals surface area (Å²) in [6.07, 6.45) is 2.90. The molecule has 2 aromatic rings. The van der Waals surface area contributed by atoms with Crippen LogP contribution in [0.15, 0.2) is 41.4 Å². The number of nitrogens with zero attached hydrogens (tertiary/aromatic N) is 4. The van der Waals surface area contributed by atoms with Crippen molar-refractivity contribution in [1.29, 1.82) is 0 Å². The largest absolute Gasteiger partial charge is 0.338 e. The molecule has 1 saturated heterocycles. The molecule has 0 radical (unpaired) electrons. The molecule has 3 rings (SSSR count). The van der Waals surface area contributed by atoms with E-state index in [9.17, 15) is 0 Å². The van der Waals surface area contributed by atoms with Gasteiger partial charge in [0.1, 0.15) is 5.84 Å². The summed E-state index contributed by atoms with van der Waals surface area (Å²) in [6.45, 7) is 14.0. The van der Waals surface area contributed by atoms with E-state index in [4.69, 9.17) is 15.0 Å². The van der Waals surface area contributed by atoms with Crippen molar-refractivity contribution < 1.29 is 0 Å². The van der Waals surface area contributed by atoms with E-state index < -0.39 is 0 Å². The molecule has 0 spiro atoms. The highest BCUT2D eigenvalue weighted by Crippen LogP contribution is 2.19. The monoisotopic (exact) mass is 425 g/mol. The minimum Gasteiger partial charge on any atom is -0.338 e. The van der Waals surface area contributed by atoms with Crippen molar-refractivity contribution in [3.8, 4) is 0 Å². The molecule has 0 unspecified atom stereocenters. The van der Waals surface area contributed by atoms with Crippen LogP contribution in [0.4, 0.5) is 11.8 Å². The fraction of sp³-hybridized carbons (Fsp3) is 0.542. The molecule has 0 aliphatic carbocycles. The number of hydrazine groups is 1. The average Bonchev–Trinajstić information content (AvgIpc) is 2.82. The number of amidine groups is 1. The van der Waals surface area contributed by atoms with E-state index in [1.165, 1.54) is 5.56 Å². The van der Waals surface area contributed by atoms with Crippen molar-refractivity contribution in [2.45, 2.75) is 59.9 Å². The SMILES string of the molecule is CC.CCC(CC)NNC(C)=Nc1cc(Cc2ccccc2)nc(N2CCNCC2)n1. The molecule has 1 aromatic carbocycles. The van der Waals surface area contributed by atoms with Crippen LogP contribution in [-0.4, -0.2) is 48.0 Å². The first-order valence-electron chi connectivity index (χ1n) is 11.6. The Kier molecular flexibility index (Phi) is 11.0. The Hall–Kier alpha value is -2.51. The Balaban J connectivity index is 0.00000166. The average molecular weight is 426 g/mol. The molecular weight excluding hydrogens is 386 g/mol. The van der Waals surface area contributed by atoms with Crippen LogP contribution in [0.3, 0.4) is 0 Å². The van der Waals surface area contributed by atoms with Crippen LogP contribution < -0.4 is 21.1 Å². The van der Waals surface area contributed by atoms with Crippen molar-refractivity contribution in [2.24, 2.45) is 4.99 Å². The second kappa shape index (κ2) is 13.7. The molecular formula is C24H39N7. The van der Waals surface area contributed by atoms with Gasteiger partial charge in [-0.05, 0) is 25.3 Å². The predicted octanol–water partition coefficient (Wildman–Crippen LogP) is 3.84. The van der Waals surface area contributed by atoms with Crippen molar-refractivity contribution >= 4 is 17.6 Å². The Bertz CT molecular complexity index is 782. The molecule has 3 N–H and O–H groups in total. The lowest BCUT2D eigenvalue weighted by Crippen LogP contribution is -2.44. The smallest absolute Gasteiger partial charge is 0.227 e. The van der Waals surface area contributed by atoms with Gasteiger partial charge in [-0.25, -0.2) is 15.4 Å². The van der Waals surface area contributed by atoms with Gasteiger partial charge < -0.3 is 15.6 Å². The standard InChI is InChI=1S/C22H33N7.C2H6/c1-4-19(5-2)28-27-17(3)24-21-16-20(15-18-9-7-6-8-10-18)25-22(26-21)29-13-11-23-12-14-29;1-2/h6-10,16,19,23,28H,4-5,11-15H2,1-3H3,(H,24,25,26,27);1-2H3. The van der Waals surface area contributed by atoms with Gasteiger partial charge in [-0.15, -0.1) is 0 Å². The van der Waals surface area contributed by atoms with E-state index in [0.717, 1.165) is 62.9 Å². The van der Waals surface area contributed by atoms with Crippen molar-refractivity contribution in [3.05, 3.63) is 47.7 Å². The van der Waals surface area contributed by atoms with E-state index in [1.807, 2.05) is 32.9 Å². The first kappa shape index (κ1) is 24.8. The molecule has 7 heteroatoms. The van der Waals surface area contributed by atoms with Crippen LogP contribution in [0, 0.1) is 0 Å². The summed E-state index contributed by atoms with van der Waals surface area (Å²) < 4.78 is 0. The maximum absolute atomic E-state index is 4.84. The van der Waals surface area contributed by atoms with E-state index in [-0.39, 0.29) is 0 Å². The third-order valence-electron chi connectivity index (χ3n) is 5.11. The summed E-state index contributed by atoms with van der Waals surface area (Å²) >= 11 is 0. The highest BCUT2D eigenvalue weighted by Gasteiger charge is 2.15. The number of piperazine rings is 1. The lowest BCUT2D eigenvalue weighted by molar-refractivity contribution is 0.462. The molecule has 0 bridgehead atoms. The van der Waals surface area contributed by atoms with Gasteiger partial charge in [0.05, 0.1) is 5.69 Å². The maximum Gasteiger partial charge on any atom is 0.227 e. The van der Waals surface area contributed by atoms with Gasteiger partial charge in [0.25, 0.3) is 0 Å². The molecule has 1 aromatic heterocycles. The number of anilines is 1. The minimum absolute atomic E-state index is 0.426. The maximum atomic E-state index is 4.84. The summed E-state index contributed by atoms with van der Waals surface area (Å²) in [5.41, 5.74) is 8.77. The third-order valence-corrected chi connectivity index (χ3v) is 5.11. The molecule has 0 amide bonds.